The second-order valence-corrected chi connectivity index (χ2v) is 17.7. The molecule has 3 aromatic carbocycles. The topological polar surface area (TPSA) is 231 Å². The first-order chi connectivity index (χ1) is 30.3. The molecule has 16 nitrogen and oxygen atoms in total. The van der Waals surface area contributed by atoms with Crippen molar-refractivity contribution in [2.45, 2.75) is 115 Å². The Morgan fingerprint density at radius 3 is 2.05 bits per heavy atom. The molecule has 4 aliphatic rings. The number of Topliss-reactive ketones (excluding diaryl/α,β-unsaturated/α-hetero) is 1. The van der Waals surface area contributed by atoms with Gasteiger partial charge in [0.15, 0.2) is 23.6 Å². The van der Waals surface area contributed by atoms with Crippen LogP contribution in [0.1, 0.15) is 81.9 Å². The number of alkyl carbamates (subject to hydrolysis) is 1. The van der Waals surface area contributed by atoms with E-state index in [9.17, 15) is 39.3 Å². The molecule has 1 heterocycles. The minimum absolute atomic E-state index is 0.0166. The van der Waals surface area contributed by atoms with E-state index < -0.39 is 113 Å². The van der Waals surface area contributed by atoms with E-state index in [1.54, 1.807) is 92.7 Å². The number of benzene rings is 3. The van der Waals surface area contributed by atoms with Crippen molar-refractivity contribution >= 4 is 35.8 Å². The van der Waals surface area contributed by atoms with Gasteiger partial charge < -0.3 is 49.1 Å². The number of amides is 1. The van der Waals surface area contributed by atoms with Gasteiger partial charge in [0.25, 0.3) is 0 Å². The summed E-state index contributed by atoms with van der Waals surface area (Å²) in [7, 11) is 0. The minimum Gasteiger partial charge on any atom is -0.456 e. The maximum absolute atomic E-state index is 15.5. The molecule has 64 heavy (non-hydrogen) atoms. The number of carbonyl (C=O) groups excluding carboxylic acids is 6. The number of rotatable bonds is 11. The number of fused-ring (bicyclic) bond motifs is 5. The van der Waals surface area contributed by atoms with Gasteiger partial charge >= 0.3 is 30.0 Å². The van der Waals surface area contributed by atoms with Crippen molar-refractivity contribution in [2.75, 3.05) is 6.61 Å². The Kier molecular flexibility index (Phi) is 12.6. The molecule has 1 saturated heterocycles. The Morgan fingerprint density at radius 2 is 1.47 bits per heavy atom. The molecular weight excluding hydrogens is 831 g/mol. The Bertz CT molecular complexity index is 2320. The van der Waals surface area contributed by atoms with Gasteiger partial charge in [0, 0.05) is 32.1 Å². The molecule has 16 heteroatoms. The van der Waals surface area contributed by atoms with Gasteiger partial charge in [-0.3, -0.25) is 14.4 Å². The zero-order valence-electron chi connectivity index (χ0n) is 36.3. The molecule has 1 amide bonds. The second kappa shape index (κ2) is 17.6. The number of aliphatic hydroxyl groups excluding tert-OH is 2. The first kappa shape index (κ1) is 46.1. The zero-order chi connectivity index (χ0) is 46.4. The van der Waals surface area contributed by atoms with Crippen LogP contribution in [0.15, 0.2) is 102 Å². The van der Waals surface area contributed by atoms with Crippen molar-refractivity contribution in [2.24, 2.45) is 16.7 Å². The molecule has 2 saturated carbocycles. The normalized spacial score (nSPS) is 31.2. The van der Waals surface area contributed by atoms with E-state index in [1.165, 1.54) is 26.0 Å². The van der Waals surface area contributed by atoms with Gasteiger partial charge in [-0.05, 0) is 48.3 Å². The van der Waals surface area contributed by atoms with Crippen LogP contribution in [0.3, 0.4) is 0 Å². The molecule has 0 spiro atoms. The van der Waals surface area contributed by atoms with Crippen LogP contribution in [0.25, 0.3) is 0 Å². The molecule has 4 N–H and O–H groups in total. The largest absolute Gasteiger partial charge is 0.456 e. The van der Waals surface area contributed by atoms with Crippen LogP contribution in [-0.2, 0) is 54.2 Å². The third-order valence-electron chi connectivity index (χ3n) is 13.6. The summed E-state index contributed by atoms with van der Waals surface area (Å²) in [6.45, 7) is 7.81. The van der Waals surface area contributed by atoms with Crippen LogP contribution >= 0.6 is 0 Å². The lowest BCUT2D eigenvalue weighted by molar-refractivity contribution is -0.346. The molecule has 7 rings (SSSR count). The van der Waals surface area contributed by atoms with Gasteiger partial charge in [0.1, 0.15) is 30.5 Å². The van der Waals surface area contributed by atoms with Crippen molar-refractivity contribution in [1.29, 1.82) is 0 Å². The Hall–Kier alpha value is -5.94. The van der Waals surface area contributed by atoms with E-state index in [0.717, 1.165) is 13.8 Å². The number of nitrogens with one attached hydrogen (secondary N) is 1. The van der Waals surface area contributed by atoms with Gasteiger partial charge in [-0.15, -0.1) is 0 Å². The summed E-state index contributed by atoms with van der Waals surface area (Å²) < 4.78 is 35.7. The molecule has 0 radical (unpaired) electrons. The number of hydrogen-bond donors (Lipinski definition) is 4. The van der Waals surface area contributed by atoms with E-state index in [1.807, 2.05) is 0 Å². The molecule has 3 aromatic rings. The fourth-order valence-electron chi connectivity index (χ4n) is 10.3. The van der Waals surface area contributed by atoms with Gasteiger partial charge in [0.05, 0.1) is 35.6 Å². The quantitative estimate of drug-likeness (QED) is 0.120. The highest BCUT2D eigenvalue weighted by molar-refractivity contribution is 5.95. The first-order valence-corrected chi connectivity index (χ1v) is 21.1. The predicted molar refractivity (Wildman–Crippen MR) is 224 cm³/mol. The molecule has 5 unspecified atom stereocenters. The number of aliphatic hydroxyl groups is 3. The van der Waals surface area contributed by atoms with Crippen LogP contribution in [0.2, 0.25) is 0 Å². The molecule has 11 atom stereocenters. The van der Waals surface area contributed by atoms with Crippen LogP contribution in [0, 0.1) is 16.7 Å². The summed E-state index contributed by atoms with van der Waals surface area (Å²) in [4.78, 5) is 83.3. The van der Waals surface area contributed by atoms with E-state index >= 15 is 4.79 Å². The average Bonchev–Trinajstić information content (AvgIpc) is 3.26. The van der Waals surface area contributed by atoms with Crippen molar-refractivity contribution in [3.05, 3.63) is 119 Å². The van der Waals surface area contributed by atoms with Gasteiger partial charge in [-0.25, -0.2) is 14.4 Å². The van der Waals surface area contributed by atoms with Crippen LogP contribution in [-0.4, -0.2) is 106 Å². The van der Waals surface area contributed by atoms with Gasteiger partial charge in [-0.2, -0.15) is 0 Å². The van der Waals surface area contributed by atoms with Gasteiger partial charge in [0.2, 0.25) is 0 Å². The summed E-state index contributed by atoms with van der Waals surface area (Å²) in [5.74, 6) is -6.33. The van der Waals surface area contributed by atoms with Crippen LogP contribution in [0.4, 0.5) is 4.79 Å². The highest BCUT2D eigenvalue weighted by Crippen LogP contribution is 2.64. The maximum Gasteiger partial charge on any atom is 0.408 e. The summed E-state index contributed by atoms with van der Waals surface area (Å²) >= 11 is 0. The third kappa shape index (κ3) is 7.97. The standard InChI is InChI=1S/C48H53NO15/c1-26-32(62-43(56)37(53)36(30-18-12-8-13-19-30)49-44(57)59-24-29-16-10-7-11-17-29)23-48(58)41(63-42(55)31-20-14-9-15-21-31)39-46(6,33(52)22-34-47(39,25-60-34)64-28(3)51)40(54)38(61-27(2)50)35(26)45(48,4)5/h7-21,32-34,36-39,41,52-53,58H,22-25H2,1-6H3,(H,49,57)/t32?,33-,34?,36-,37?,38+,39?,41?,46+,47-,48+/m0/s1. The van der Waals surface area contributed by atoms with Crippen LogP contribution < -0.4 is 5.32 Å². The monoisotopic (exact) mass is 883 g/mol. The smallest absolute Gasteiger partial charge is 0.408 e. The summed E-state index contributed by atoms with van der Waals surface area (Å²) in [5, 5.41) is 40.1. The maximum atomic E-state index is 15.5. The molecule has 0 aromatic heterocycles. The van der Waals surface area contributed by atoms with Crippen molar-refractivity contribution in [3.63, 3.8) is 0 Å². The summed E-state index contributed by atoms with van der Waals surface area (Å²) in [6, 6.07) is 23.4. The first-order valence-electron chi connectivity index (χ1n) is 21.1. The molecule has 1 aliphatic heterocycles. The average molecular weight is 884 g/mol. The van der Waals surface area contributed by atoms with E-state index in [2.05, 4.69) is 5.32 Å². The summed E-state index contributed by atoms with van der Waals surface area (Å²) in [6.07, 6.45) is -11.6. The number of carbonyl (C=O) groups is 6. The molecule has 3 fully saturated rings. The highest BCUT2D eigenvalue weighted by Gasteiger charge is 2.78. The van der Waals surface area contributed by atoms with Gasteiger partial charge in [-0.1, -0.05) is 92.7 Å². The van der Waals surface area contributed by atoms with E-state index in [4.69, 9.17) is 28.4 Å². The minimum atomic E-state index is -2.41. The fraction of sp³-hybridized carbons (Fsp3) is 0.458. The number of esters is 4. The Balaban J connectivity index is 1.34. The van der Waals surface area contributed by atoms with E-state index in [0.29, 0.717) is 11.1 Å². The third-order valence-corrected chi connectivity index (χ3v) is 13.6. The Morgan fingerprint density at radius 1 is 0.859 bits per heavy atom. The van der Waals surface area contributed by atoms with Crippen molar-refractivity contribution in [1.82, 2.24) is 5.32 Å². The van der Waals surface area contributed by atoms with E-state index in [-0.39, 0.29) is 36.3 Å². The molecule has 2 bridgehead atoms. The zero-order valence-corrected chi connectivity index (χ0v) is 36.3. The lowest BCUT2D eigenvalue weighted by Crippen LogP contribution is -2.82. The molecule has 340 valence electrons. The fourth-order valence-corrected chi connectivity index (χ4v) is 10.3. The number of hydrogen-bond acceptors (Lipinski definition) is 15. The molecular formula is C48H53NO15. The second-order valence-electron chi connectivity index (χ2n) is 17.7. The van der Waals surface area contributed by atoms with Crippen LogP contribution in [0.5, 0.6) is 0 Å². The number of ether oxygens (including phenoxy) is 6. The van der Waals surface area contributed by atoms with Crippen molar-refractivity contribution in [3.8, 4) is 0 Å². The predicted octanol–water partition coefficient (Wildman–Crippen LogP) is 4.23. The number of ketones is 1. The summed E-state index contributed by atoms with van der Waals surface area (Å²) in [5.41, 5.74) is -6.73. The Labute approximate surface area is 369 Å². The molecule has 3 aliphatic carbocycles. The lowest BCUT2D eigenvalue weighted by atomic mass is 9.44. The SMILES string of the molecule is CC(=O)O[C@H]1C(=O)[C@@]2(C)C(C(OC(=O)c3ccccc3)[C@]3(O)CC(OC(=O)C(O)[C@@H](NC(=O)OCc4ccccc4)c4ccccc4)C(C)=C1C3(C)C)[C@]1(OC(C)=O)COC1C[C@@H]2O. The van der Waals surface area contributed by atoms with Crippen molar-refractivity contribution < 1.29 is 72.5 Å². The lowest BCUT2D eigenvalue weighted by Gasteiger charge is -2.67. The highest BCUT2D eigenvalue weighted by atomic mass is 16.6.